The molecule has 1 amide bonds. The van der Waals surface area contributed by atoms with Crippen LogP contribution in [0.5, 0.6) is 0 Å². The van der Waals surface area contributed by atoms with Crippen LogP contribution < -0.4 is 10.6 Å². The molecule has 0 spiro atoms. The highest BCUT2D eigenvalue weighted by molar-refractivity contribution is 5.77. The first kappa shape index (κ1) is 12.6. The van der Waals surface area contributed by atoms with Gasteiger partial charge in [-0.2, -0.15) is 0 Å². The lowest BCUT2D eigenvalue weighted by Gasteiger charge is -2.13. The number of carbonyl (C=O) groups is 1. The van der Waals surface area contributed by atoms with Gasteiger partial charge >= 0.3 is 0 Å². The quantitative estimate of drug-likeness (QED) is 0.798. The minimum atomic E-state index is -0.250. The second-order valence-corrected chi connectivity index (χ2v) is 3.61. The molecule has 0 aliphatic heterocycles. The van der Waals surface area contributed by atoms with Crippen molar-refractivity contribution in [3.63, 3.8) is 0 Å². The topological polar surface area (TPSA) is 41.1 Å². The van der Waals surface area contributed by atoms with Crippen LogP contribution in [0.1, 0.15) is 25.5 Å². The van der Waals surface area contributed by atoms with Crippen molar-refractivity contribution in [1.82, 2.24) is 10.6 Å². The molecule has 0 fully saturated rings. The predicted octanol–water partition coefficient (Wildman–Crippen LogP) is 1.61. The Morgan fingerprint density at radius 3 is 2.56 bits per heavy atom. The van der Waals surface area contributed by atoms with E-state index < -0.39 is 0 Å². The number of hydrogen-bond acceptors (Lipinski definition) is 2. The van der Waals surface area contributed by atoms with Crippen molar-refractivity contribution < 1.29 is 9.18 Å². The molecule has 0 aromatic heterocycles. The SMILES string of the molecule is CCNC(=O)CN[C@@H](C)c1ccc(F)cc1. The lowest BCUT2D eigenvalue weighted by molar-refractivity contribution is -0.120. The van der Waals surface area contributed by atoms with Crippen LogP contribution in [0.15, 0.2) is 24.3 Å². The van der Waals surface area contributed by atoms with Gasteiger partial charge in [-0.25, -0.2) is 4.39 Å². The molecular formula is C12H17FN2O. The summed E-state index contributed by atoms with van der Waals surface area (Å²) in [7, 11) is 0. The summed E-state index contributed by atoms with van der Waals surface area (Å²) in [5.74, 6) is -0.281. The molecule has 0 radical (unpaired) electrons. The average molecular weight is 224 g/mol. The minimum Gasteiger partial charge on any atom is -0.355 e. The highest BCUT2D eigenvalue weighted by atomic mass is 19.1. The van der Waals surface area contributed by atoms with Gasteiger partial charge in [0.15, 0.2) is 0 Å². The second kappa shape index (κ2) is 6.23. The Bertz CT molecular complexity index is 337. The number of hydrogen-bond donors (Lipinski definition) is 2. The maximum atomic E-state index is 12.7. The van der Waals surface area contributed by atoms with E-state index in [4.69, 9.17) is 0 Å². The van der Waals surface area contributed by atoms with Gasteiger partial charge in [0.1, 0.15) is 5.82 Å². The predicted molar refractivity (Wildman–Crippen MR) is 61.5 cm³/mol. The van der Waals surface area contributed by atoms with Crippen LogP contribution in [0.25, 0.3) is 0 Å². The van der Waals surface area contributed by atoms with Gasteiger partial charge in [0.25, 0.3) is 0 Å². The van der Waals surface area contributed by atoms with E-state index in [0.717, 1.165) is 5.56 Å². The number of halogens is 1. The van der Waals surface area contributed by atoms with Gasteiger partial charge in [0.05, 0.1) is 6.54 Å². The Morgan fingerprint density at radius 1 is 1.38 bits per heavy atom. The number of carbonyl (C=O) groups excluding carboxylic acids is 1. The molecule has 0 unspecified atom stereocenters. The Hall–Kier alpha value is -1.42. The van der Waals surface area contributed by atoms with Gasteiger partial charge in [-0.15, -0.1) is 0 Å². The number of likely N-dealkylation sites (N-methyl/N-ethyl adjacent to an activating group) is 1. The summed E-state index contributed by atoms with van der Waals surface area (Å²) < 4.78 is 12.7. The summed E-state index contributed by atoms with van der Waals surface area (Å²) in [5.41, 5.74) is 0.964. The summed E-state index contributed by atoms with van der Waals surface area (Å²) in [4.78, 5) is 11.2. The van der Waals surface area contributed by atoms with E-state index in [2.05, 4.69) is 10.6 Å². The maximum absolute atomic E-state index is 12.7. The highest BCUT2D eigenvalue weighted by Crippen LogP contribution is 2.12. The van der Waals surface area contributed by atoms with Crippen LogP contribution in [0.2, 0.25) is 0 Å². The average Bonchev–Trinajstić information content (AvgIpc) is 2.27. The Morgan fingerprint density at radius 2 is 2.00 bits per heavy atom. The van der Waals surface area contributed by atoms with Crippen molar-refractivity contribution in [2.45, 2.75) is 19.9 Å². The fourth-order valence-corrected chi connectivity index (χ4v) is 1.37. The Labute approximate surface area is 95.0 Å². The van der Waals surface area contributed by atoms with E-state index >= 15 is 0 Å². The molecular weight excluding hydrogens is 207 g/mol. The summed E-state index contributed by atoms with van der Waals surface area (Å²) in [6.45, 7) is 4.71. The fourth-order valence-electron chi connectivity index (χ4n) is 1.37. The van der Waals surface area contributed by atoms with E-state index in [1.807, 2.05) is 13.8 Å². The molecule has 4 heteroatoms. The lowest BCUT2D eigenvalue weighted by atomic mass is 10.1. The largest absolute Gasteiger partial charge is 0.355 e. The van der Waals surface area contributed by atoms with Crippen LogP contribution >= 0.6 is 0 Å². The molecule has 0 aliphatic carbocycles. The highest BCUT2D eigenvalue weighted by Gasteiger charge is 2.06. The first-order chi connectivity index (χ1) is 7.63. The number of benzene rings is 1. The number of nitrogens with one attached hydrogen (secondary N) is 2. The zero-order valence-corrected chi connectivity index (χ0v) is 9.59. The van der Waals surface area contributed by atoms with Gasteiger partial charge in [-0.05, 0) is 31.5 Å². The van der Waals surface area contributed by atoms with Crippen molar-refractivity contribution in [3.05, 3.63) is 35.6 Å². The molecule has 0 bridgehead atoms. The fraction of sp³-hybridized carbons (Fsp3) is 0.417. The van der Waals surface area contributed by atoms with Crippen molar-refractivity contribution in [1.29, 1.82) is 0 Å². The van der Waals surface area contributed by atoms with Crippen LogP contribution in [-0.4, -0.2) is 19.0 Å². The van der Waals surface area contributed by atoms with Crippen LogP contribution in [0.3, 0.4) is 0 Å². The second-order valence-electron chi connectivity index (χ2n) is 3.61. The van der Waals surface area contributed by atoms with Crippen LogP contribution in [0.4, 0.5) is 4.39 Å². The van der Waals surface area contributed by atoms with E-state index in [9.17, 15) is 9.18 Å². The third kappa shape index (κ3) is 3.98. The molecule has 1 rings (SSSR count). The van der Waals surface area contributed by atoms with Crippen LogP contribution in [-0.2, 0) is 4.79 Å². The minimum absolute atomic E-state index is 0.0307. The molecule has 88 valence electrons. The molecule has 0 saturated carbocycles. The molecule has 0 saturated heterocycles. The Kier molecular flexibility index (Phi) is 4.92. The molecule has 1 aromatic rings. The van der Waals surface area contributed by atoms with Gasteiger partial charge in [-0.1, -0.05) is 12.1 Å². The number of amides is 1. The summed E-state index contributed by atoms with van der Waals surface area (Å²) in [6.07, 6.45) is 0. The normalized spacial score (nSPS) is 12.2. The van der Waals surface area contributed by atoms with E-state index in [0.29, 0.717) is 6.54 Å². The van der Waals surface area contributed by atoms with Crippen molar-refractivity contribution in [2.24, 2.45) is 0 Å². The van der Waals surface area contributed by atoms with E-state index in [1.54, 1.807) is 12.1 Å². The smallest absolute Gasteiger partial charge is 0.233 e. The van der Waals surface area contributed by atoms with E-state index in [1.165, 1.54) is 12.1 Å². The van der Waals surface area contributed by atoms with Crippen molar-refractivity contribution in [2.75, 3.05) is 13.1 Å². The standard InChI is InChI=1S/C12H17FN2O/c1-3-14-12(16)8-15-9(2)10-4-6-11(13)7-5-10/h4-7,9,15H,3,8H2,1-2H3,(H,14,16)/t9-/m0/s1. The van der Waals surface area contributed by atoms with E-state index in [-0.39, 0.29) is 24.3 Å². The first-order valence-corrected chi connectivity index (χ1v) is 5.39. The third-order valence-corrected chi connectivity index (χ3v) is 2.31. The molecule has 1 aromatic carbocycles. The molecule has 0 heterocycles. The molecule has 0 aliphatic rings. The monoisotopic (exact) mass is 224 g/mol. The van der Waals surface area contributed by atoms with Gasteiger partial charge in [-0.3, -0.25) is 4.79 Å². The third-order valence-electron chi connectivity index (χ3n) is 2.31. The Balaban J connectivity index is 2.43. The van der Waals surface area contributed by atoms with Gasteiger partial charge < -0.3 is 10.6 Å². The lowest BCUT2D eigenvalue weighted by Crippen LogP contribution is -2.34. The molecule has 2 N–H and O–H groups in total. The summed E-state index contributed by atoms with van der Waals surface area (Å²) >= 11 is 0. The zero-order valence-electron chi connectivity index (χ0n) is 9.59. The van der Waals surface area contributed by atoms with Crippen molar-refractivity contribution in [3.8, 4) is 0 Å². The number of rotatable bonds is 5. The van der Waals surface area contributed by atoms with Gasteiger partial charge in [0.2, 0.25) is 5.91 Å². The summed E-state index contributed by atoms with van der Waals surface area (Å²) in [6, 6.07) is 6.29. The maximum Gasteiger partial charge on any atom is 0.233 e. The molecule has 1 atom stereocenters. The first-order valence-electron chi connectivity index (χ1n) is 5.39. The molecule has 16 heavy (non-hydrogen) atoms. The van der Waals surface area contributed by atoms with Gasteiger partial charge in [0, 0.05) is 12.6 Å². The zero-order chi connectivity index (χ0) is 12.0. The summed E-state index contributed by atoms with van der Waals surface area (Å²) in [5, 5.41) is 5.77. The molecule has 3 nitrogen and oxygen atoms in total. The van der Waals surface area contributed by atoms with Crippen molar-refractivity contribution >= 4 is 5.91 Å². The van der Waals surface area contributed by atoms with Crippen LogP contribution in [0, 0.1) is 5.82 Å².